The Hall–Kier alpha value is -1.09. The van der Waals surface area contributed by atoms with E-state index in [-0.39, 0.29) is 0 Å². The van der Waals surface area contributed by atoms with Crippen LogP contribution in [0.4, 0.5) is 5.69 Å². The molecule has 0 unspecified atom stereocenters. The molecule has 4 saturated carbocycles. The van der Waals surface area contributed by atoms with Gasteiger partial charge in [-0.3, -0.25) is 4.98 Å². The Morgan fingerprint density at radius 3 is 2.37 bits per heavy atom. The molecule has 0 atom stereocenters. The minimum atomic E-state index is -0.523. The van der Waals surface area contributed by atoms with Crippen molar-refractivity contribution >= 4 is 5.69 Å². The molecule has 0 aliphatic heterocycles. The first-order valence-corrected chi connectivity index (χ1v) is 7.56. The number of hydrogen-bond acceptors (Lipinski definition) is 3. The number of pyridine rings is 1. The molecule has 0 amide bonds. The van der Waals surface area contributed by atoms with Gasteiger partial charge >= 0.3 is 0 Å². The van der Waals surface area contributed by atoms with E-state index in [1.165, 1.54) is 32.1 Å². The van der Waals surface area contributed by atoms with Crippen LogP contribution in [0.5, 0.6) is 0 Å². The molecule has 1 heterocycles. The average molecular weight is 258 g/mol. The predicted molar refractivity (Wildman–Crippen MR) is 74.3 cm³/mol. The third-order valence-electron chi connectivity index (χ3n) is 5.97. The number of anilines is 1. The van der Waals surface area contributed by atoms with E-state index in [1.54, 1.807) is 6.20 Å². The van der Waals surface area contributed by atoms with Gasteiger partial charge in [-0.15, -0.1) is 0 Å². The number of nitrogen functional groups attached to an aromatic ring is 1. The maximum atomic E-state index is 11.3. The highest BCUT2D eigenvalue weighted by molar-refractivity contribution is 5.45. The van der Waals surface area contributed by atoms with E-state index in [0.29, 0.717) is 18.3 Å². The van der Waals surface area contributed by atoms with E-state index in [1.807, 2.05) is 12.3 Å². The quantitative estimate of drug-likeness (QED) is 0.856. The van der Waals surface area contributed by atoms with Crippen LogP contribution in [0.2, 0.25) is 0 Å². The second-order valence-electron chi connectivity index (χ2n) is 7.05. The molecule has 0 spiro atoms. The first kappa shape index (κ1) is 11.7. The molecule has 0 saturated heterocycles. The summed E-state index contributed by atoms with van der Waals surface area (Å²) in [5.74, 6) is 2.75. The van der Waals surface area contributed by atoms with Gasteiger partial charge in [0.1, 0.15) is 0 Å². The fourth-order valence-electron chi connectivity index (χ4n) is 5.18. The summed E-state index contributed by atoms with van der Waals surface area (Å²) in [6, 6.07) is 1.84. The Labute approximate surface area is 114 Å². The highest BCUT2D eigenvalue weighted by Crippen LogP contribution is 2.59. The average Bonchev–Trinajstić information content (AvgIpc) is 2.38. The van der Waals surface area contributed by atoms with Crippen LogP contribution in [-0.2, 0) is 6.42 Å². The minimum Gasteiger partial charge on any atom is -0.398 e. The summed E-state index contributed by atoms with van der Waals surface area (Å²) in [6.45, 7) is 0. The molecule has 19 heavy (non-hydrogen) atoms. The zero-order valence-electron chi connectivity index (χ0n) is 11.3. The summed E-state index contributed by atoms with van der Waals surface area (Å²) >= 11 is 0. The lowest BCUT2D eigenvalue weighted by atomic mass is 9.49. The van der Waals surface area contributed by atoms with Gasteiger partial charge in [0.05, 0.1) is 5.60 Å². The van der Waals surface area contributed by atoms with Gasteiger partial charge in [-0.05, 0) is 67.4 Å². The summed E-state index contributed by atoms with van der Waals surface area (Å²) in [5.41, 5.74) is 7.31. The topological polar surface area (TPSA) is 59.1 Å². The van der Waals surface area contributed by atoms with E-state index < -0.39 is 5.60 Å². The van der Waals surface area contributed by atoms with E-state index in [4.69, 9.17) is 5.73 Å². The lowest BCUT2D eigenvalue weighted by Crippen LogP contribution is -2.58. The van der Waals surface area contributed by atoms with Crippen LogP contribution in [0, 0.1) is 23.7 Å². The Balaban J connectivity index is 1.65. The maximum absolute atomic E-state index is 11.3. The predicted octanol–water partition coefficient (Wildman–Crippen LogP) is 2.39. The summed E-state index contributed by atoms with van der Waals surface area (Å²) in [5, 5.41) is 11.3. The van der Waals surface area contributed by atoms with Crippen molar-refractivity contribution in [1.82, 2.24) is 4.98 Å². The molecule has 4 aliphatic carbocycles. The molecule has 3 nitrogen and oxygen atoms in total. The fourth-order valence-corrected chi connectivity index (χ4v) is 5.18. The first-order valence-electron chi connectivity index (χ1n) is 7.56. The zero-order valence-corrected chi connectivity index (χ0v) is 11.3. The number of hydrogen-bond donors (Lipinski definition) is 2. The minimum absolute atomic E-state index is 0.489. The smallest absolute Gasteiger partial charge is 0.0745 e. The number of nitrogens with zero attached hydrogens (tertiary/aromatic N) is 1. The van der Waals surface area contributed by atoms with Crippen molar-refractivity contribution in [3.8, 4) is 0 Å². The van der Waals surface area contributed by atoms with Gasteiger partial charge in [-0.25, -0.2) is 0 Å². The van der Waals surface area contributed by atoms with Gasteiger partial charge < -0.3 is 10.8 Å². The van der Waals surface area contributed by atoms with Gasteiger partial charge in [0.25, 0.3) is 0 Å². The van der Waals surface area contributed by atoms with Gasteiger partial charge in [-0.2, -0.15) is 0 Å². The molecule has 4 aliphatic rings. The molecular formula is C16H22N2O. The van der Waals surface area contributed by atoms with E-state index in [0.717, 1.165) is 23.1 Å². The third-order valence-corrected chi connectivity index (χ3v) is 5.97. The second-order valence-corrected chi connectivity index (χ2v) is 7.05. The summed E-state index contributed by atoms with van der Waals surface area (Å²) < 4.78 is 0. The standard InChI is InChI=1S/C16H22N2O/c17-15-1-2-18-9-12(15)8-16(19)13-4-10-3-11(6-13)7-14(16)5-10/h1-2,9-11,13-14,19H,3-8H2,(H2,17,18). The molecule has 5 rings (SSSR count). The van der Waals surface area contributed by atoms with Crippen molar-refractivity contribution < 1.29 is 5.11 Å². The fraction of sp³-hybridized carbons (Fsp3) is 0.688. The van der Waals surface area contributed by atoms with Crippen molar-refractivity contribution in [2.45, 2.75) is 44.1 Å². The Morgan fingerprint density at radius 1 is 1.16 bits per heavy atom. The normalized spacial score (nSPS) is 43.6. The maximum Gasteiger partial charge on any atom is 0.0745 e. The molecule has 4 bridgehead atoms. The number of aliphatic hydroxyl groups is 1. The lowest BCUT2D eigenvalue weighted by molar-refractivity contribution is -0.171. The van der Waals surface area contributed by atoms with Crippen molar-refractivity contribution in [2.75, 3.05) is 5.73 Å². The Morgan fingerprint density at radius 2 is 1.79 bits per heavy atom. The number of aromatic nitrogens is 1. The molecule has 3 N–H and O–H groups in total. The Kier molecular flexibility index (Phi) is 2.44. The largest absolute Gasteiger partial charge is 0.398 e. The van der Waals surface area contributed by atoms with Gasteiger partial charge in [0.2, 0.25) is 0 Å². The van der Waals surface area contributed by atoms with Crippen LogP contribution < -0.4 is 5.73 Å². The van der Waals surface area contributed by atoms with Crippen molar-refractivity contribution in [1.29, 1.82) is 0 Å². The summed E-state index contributed by atoms with van der Waals surface area (Å²) in [7, 11) is 0. The van der Waals surface area contributed by atoms with Gasteiger partial charge in [0, 0.05) is 24.5 Å². The molecule has 102 valence electrons. The molecular weight excluding hydrogens is 236 g/mol. The summed E-state index contributed by atoms with van der Waals surface area (Å²) in [4.78, 5) is 4.17. The van der Waals surface area contributed by atoms with Crippen LogP contribution in [0.15, 0.2) is 18.5 Å². The van der Waals surface area contributed by atoms with Crippen LogP contribution in [0.3, 0.4) is 0 Å². The third kappa shape index (κ3) is 1.71. The second kappa shape index (κ2) is 3.95. The van der Waals surface area contributed by atoms with Gasteiger partial charge in [0.15, 0.2) is 0 Å². The highest BCUT2D eigenvalue weighted by atomic mass is 16.3. The molecule has 3 heteroatoms. The SMILES string of the molecule is Nc1ccncc1CC1(O)C2CC3CC(C2)CC1C3. The van der Waals surface area contributed by atoms with Gasteiger partial charge in [-0.1, -0.05) is 0 Å². The van der Waals surface area contributed by atoms with Crippen LogP contribution in [-0.4, -0.2) is 15.7 Å². The summed E-state index contributed by atoms with van der Waals surface area (Å²) in [6.07, 6.45) is 10.6. The van der Waals surface area contributed by atoms with E-state index in [9.17, 15) is 5.11 Å². The van der Waals surface area contributed by atoms with Crippen LogP contribution >= 0.6 is 0 Å². The molecule has 0 radical (unpaired) electrons. The zero-order chi connectivity index (χ0) is 13.0. The first-order chi connectivity index (χ1) is 9.15. The molecule has 4 fully saturated rings. The monoisotopic (exact) mass is 258 g/mol. The molecule has 0 aromatic carbocycles. The van der Waals surface area contributed by atoms with E-state index >= 15 is 0 Å². The Bertz CT molecular complexity index is 471. The lowest BCUT2D eigenvalue weighted by Gasteiger charge is -2.59. The van der Waals surface area contributed by atoms with Crippen molar-refractivity contribution in [2.24, 2.45) is 23.7 Å². The highest BCUT2D eigenvalue weighted by Gasteiger charge is 2.56. The molecule has 1 aromatic rings. The van der Waals surface area contributed by atoms with Crippen molar-refractivity contribution in [3.05, 3.63) is 24.0 Å². The van der Waals surface area contributed by atoms with Crippen molar-refractivity contribution in [3.63, 3.8) is 0 Å². The van der Waals surface area contributed by atoms with Crippen LogP contribution in [0.1, 0.15) is 37.7 Å². The molecule has 1 aromatic heterocycles. The number of nitrogens with two attached hydrogens (primary N) is 1. The number of rotatable bonds is 2. The van der Waals surface area contributed by atoms with Crippen LogP contribution in [0.25, 0.3) is 0 Å². The van der Waals surface area contributed by atoms with E-state index in [2.05, 4.69) is 4.98 Å².